The minimum absolute atomic E-state index is 0.0691. The lowest BCUT2D eigenvalue weighted by Crippen LogP contribution is -2.59. The first-order chi connectivity index (χ1) is 16.9. The topological polar surface area (TPSA) is 92.2 Å². The van der Waals surface area contributed by atoms with Crippen molar-refractivity contribution in [3.8, 4) is 6.07 Å². The van der Waals surface area contributed by atoms with Gasteiger partial charge in [-0.1, -0.05) is 19.9 Å². The fourth-order valence-electron chi connectivity index (χ4n) is 5.33. The van der Waals surface area contributed by atoms with E-state index in [9.17, 15) is 4.79 Å². The number of ether oxygens (including phenoxy) is 1. The van der Waals surface area contributed by atoms with Gasteiger partial charge in [-0.3, -0.25) is 19.4 Å². The van der Waals surface area contributed by atoms with Gasteiger partial charge >= 0.3 is 0 Å². The van der Waals surface area contributed by atoms with Crippen molar-refractivity contribution < 1.29 is 4.74 Å². The number of nitrogens with zero attached hydrogens (tertiary/aromatic N) is 7. The summed E-state index contributed by atoms with van der Waals surface area (Å²) in [5, 5.41) is 13.8. The van der Waals surface area contributed by atoms with Crippen molar-refractivity contribution in [2.75, 3.05) is 25.1 Å². The van der Waals surface area contributed by atoms with Gasteiger partial charge in [0.25, 0.3) is 5.56 Å². The Labute approximate surface area is 206 Å². The van der Waals surface area contributed by atoms with E-state index in [4.69, 9.17) is 15.0 Å². The van der Waals surface area contributed by atoms with Gasteiger partial charge in [0.15, 0.2) is 0 Å². The number of hydrogen-bond donors (Lipinski definition) is 0. The summed E-state index contributed by atoms with van der Waals surface area (Å²) in [6.45, 7) is 8.97. The molecule has 1 aliphatic rings. The van der Waals surface area contributed by atoms with E-state index < -0.39 is 0 Å². The number of piperazine rings is 1. The molecule has 9 nitrogen and oxygen atoms in total. The molecule has 186 valence electrons. The minimum atomic E-state index is -0.0691. The van der Waals surface area contributed by atoms with Crippen LogP contribution >= 0.6 is 0 Å². The molecule has 0 amide bonds. The maximum absolute atomic E-state index is 12.9. The van der Waals surface area contributed by atoms with Crippen molar-refractivity contribution in [3.63, 3.8) is 0 Å². The first kappa shape index (κ1) is 24.9. The molecule has 3 aromatic heterocycles. The lowest BCUT2D eigenvalue weighted by atomic mass is 9.97. The largest absolute Gasteiger partial charge is 0.380 e. The van der Waals surface area contributed by atoms with Crippen LogP contribution in [-0.2, 0) is 24.9 Å². The first-order valence-corrected chi connectivity index (χ1v) is 12.3. The second kappa shape index (κ2) is 10.6. The summed E-state index contributed by atoms with van der Waals surface area (Å²) >= 11 is 0. The normalized spacial score (nSPS) is 19.7. The molecule has 3 atom stereocenters. The standard InChI is InChI=1S/C26H35N7O2/c1-6-20-15-33(22-13-24(34)30(4)23-16-31(12-10-27)29-26(22)23)21(7-2)14-32(20)18(3)25-19(17-35-5)9-8-11-28-25/h8-9,11,13,16,18,20-21H,6-7,12,14-15,17H2,1-5H3/t18?,20-,21+/m1/s1. The van der Waals surface area contributed by atoms with Gasteiger partial charge in [0.2, 0.25) is 0 Å². The van der Waals surface area contributed by atoms with Crippen LogP contribution in [0.2, 0.25) is 0 Å². The highest BCUT2D eigenvalue weighted by molar-refractivity contribution is 5.88. The quantitative estimate of drug-likeness (QED) is 0.492. The Kier molecular flexibility index (Phi) is 7.53. The highest BCUT2D eigenvalue weighted by Crippen LogP contribution is 2.34. The molecule has 4 rings (SSSR count). The lowest BCUT2D eigenvalue weighted by Gasteiger charge is -2.49. The predicted molar refractivity (Wildman–Crippen MR) is 136 cm³/mol. The summed E-state index contributed by atoms with van der Waals surface area (Å²) in [5.74, 6) is 0. The number of rotatable bonds is 8. The van der Waals surface area contributed by atoms with E-state index in [1.165, 1.54) is 0 Å². The van der Waals surface area contributed by atoms with E-state index in [1.54, 1.807) is 35.7 Å². The molecular formula is C26H35N7O2. The fourth-order valence-corrected chi connectivity index (χ4v) is 5.33. The van der Waals surface area contributed by atoms with Crippen LogP contribution in [0.25, 0.3) is 11.0 Å². The smallest absolute Gasteiger partial charge is 0.252 e. The number of aryl methyl sites for hydroxylation is 1. The number of hydrogen-bond acceptors (Lipinski definition) is 7. The maximum atomic E-state index is 12.9. The molecule has 1 aliphatic heterocycles. The molecule has 0 saturated carbocycles. The molecule has 0 aromatic carbocycles. The molecule has 0 N–H and O–H groups in total. The molecule has 35 heavy (non-hydrogen) atoms. The summed E-state index contributed by atoms with van der Waals surface area (Å²) in [7, 11) is 3.47. The summed E-state index contributed by atoms with van der Waals surface area (Å²) in [6, 6.07) is 8.53. The second-order valence-corrected chi connectivity index (χ2v) is 9.28. The SMILES string of the molecule is CC[C@H]1CN(C(C)c2ncccc2COC)[C@H](CC)CN1c1cc(=O)n(C)c2cn(CC#N)nc12. The van der Waals surface area contributed by atoms with Gasteiger partial charge in [0.1, 0.15) is 12.1 Å². The zero-order chi connectivity index (χ0) is 25.1. The Morgan fingerprint density at radius 3 is 2.71 bits per heavy atom. The zero-order valence-electron chi connectivity index (χ0n) is 21.3. The van der Waals surface area contributed by atoms with Crippen LogP contribution in [0.15, 0.2) is 35.4 Å². The van der Waals surface area contributed by atoms with Gasteiger partial charge in [-0.25, -0.2) is 0 Å². The van der Waals surface area contributed by atoms with Gasteiger partial charge in [0.05, 0.1) is 41.8 Å². The molecule has 4 heterocycles. The number of nitriles is 1. The van der Waals surface area contributed by atoms with Crippen LogP contribution in [-0.4, -0.2) is 56.5 Å². The van der Waals surface area contributed by atoms with E-state index >= 15 is 0 Å². The van der Waals surface area contributed by atoms with E-state index in [1.807, 2.05) is 12.3 Å². The Morgan fingerprint density at radius 2 is 2.03 bits per heavy atom. The number of aromatic nitrogens is 4. The Balaban J connectivity index is 1.72. The van der Waals surface area contributed by atoms with E-state index in [-0.39, 0.29) is 30.2 Å². The molecule has 3 aromatic rings. The van der Waals surface area contributed by atoms with Gasteiger partial charge in [-0.2, -0.15) is 10.4 Å². The van der Waals surface area contributed by atoms with Crippen molar-refractivity contribution in [2.45, 2.75) is 64.9 Å². The van der Waals surface area contributed by atoms with Crippen molar-refractivity contribution in [1.82, 2.24) is 24.2 Å². The first-order valence-electron chi connectivity index (χ1n) is 12.3. The van der Waals surface area contributed by atoms with Crippen LogP contribution in [0, 0.1) is 11.3 Å². The van der Waals surface area contributed by atoms with Crippen molar-refractivity contribution in [1.29, 1.82) is 5.26 Å². The molecular weight excluding hydrogens is 442 g/mol. The predicted octanol–water partition coefficient (Wildman–Crippen LogP) is 3.24. The monoisotopic (exact) mass is 477 g/mol. The maximum Gasteiger partial charge on any atom is 0.252 e. The Bertz CT molecular complexity index is 1270. The summed E-state index contributed by atoms with van der Waals surface area (Å²) in [6.07, 6.45) is 5.55. The molecule has 9 heteroatoms. The van der Waals surface area contributed by atoms with Crippen molar-refractivity contribution in [3.05, 3.63) is 52.2 Å². The van der Waals surface area contributed by atoms with Crippen LogP contribution in [0.5, 0.6) is 0 Å². The Morgan fingerprint density at radius 1 is 1.26 bits per heavy atom. The van der Waals surface area contributed by atoms with Crippen LogP contribution in [0.4, 0.5) is 5.69 Å². The van der Waals surface area contributed by atoms with E-state index in [2.05, 4.69) is 47.8 Å². The van der Waals surface area contributed by atoms with Crippen molar-refractivity contribution >= 4 is 16.7 Å². The minimum Gasteiger partial charge on any atom is -0.380 e. The highest BCUT2D eigenvalue weighted by Gasteiger charge is 2.37. The van der Waals surface area contributed by atoms with Crippen LogP contribution < -0.4 is 10.5 Å². The average Bonchev–Trinajstić information content (AvgIpc) is 3.30. The van der Waals surface area contributed by atoms with Crippen molar-refractivity contribution in [2.24, 2.45) is 7.05 Å². The highest BCUT2D eigenvalue weighted by atomic mass is 16.5. The van der Waals surface area contributed by atoms with Gasteiger partial charge in [0, 0.05) is 57.2 Å². The summed E-state index contributed by atoms with van der Waals surface area (Å²) in [4.78, 5) is 22.5. The molecule has 1 unspecified atom stereocenters. The third kappa shape index (κ3) is 4.68. The van der Waals surface area contributed by atoms with Crippen LogP contribution in [0.3, 0.4) is 0 Å². The zero-order valence-corrected chi connectivity index (χ0v) is 21.3. The van der Waals surface area contributed by atoms with Gasteiger partial charge in [-0.15, -0.1) is 0 Å². The molecule has 0 radical (unpaired) electrons. The lowest BCUT2D eigenvalue weighted by molar-refractivity contribution is 0.0968. The van der Waals surface area contributed by atoms with E-state index in [0.29, 0.717) is 6.61 Å². The average molecular weight is 478 g/mol. The molecule has 0 aliphatic carbocycles. The summed E-state index contributed by atoms with van der Waals surface area (Å²) in [5.41, 5.74) is 4.48. The molecule has 1 saturated heterocycles. The van der Waals surface area contributed by atoms with Gasteiger partial charge in [-0.05, 0) is 25.8 Å². The molecule has 0 bridgehead atoms. The second-order valence-electron chi connectivity index (χ2n) is 9.28. The molecule has 0 spiro atoms. The number of methoxy groups -OCH3 is 1. The summed E-state index contributed by atoms with van der Waals surface area (Å²) < 4.78 is 8.65. The third-order valence-electron chi connectivity index (χ3n) is 7.28. The van der Waals surface area contributed by atoms with E-state index in [0.717, 1.165) is 53.9 Å². The molecule has 1 fully saturated rings. The van der Waals surface area contributed by atoms with Crippen LogP contribution in [0.1, 0.15) is 50.9 Å². The fraction of sp³-hybridized carbons (Fsp3) is 0.538. The van der Waals surface area contributed by atoms with Gasteiger partial charge < -0.3 is 14.2 Å². The number of anilines is 1. The third-order valence-corrected chi connectivity index (χ3v) is 7.28. The number of fused-ring (bicyclic) bond motifs is 1. The Hall–Kier alpha value is -3.22. The number of pyridine rings is 2.